The summed E-state index contributed by atoms with van der Waals surface area (Å²) in [6.07, 6.45) is -2.37. The number of rotatable bonds is 2. The van der Waals surface area contributed by atoms with Crippen LogP contribution in [-0.2, 0) is 12.7 Å². The maximum atomic E-state index is 12.5. The summed E-state index contributed by atoms with van der Waals surface area (Å²) in [5.41, 5.74) is 6.22. The largest absolute Gasteiger partial charge is 0.416 e. The molecule has 0 aliphatic carbocycles. The predicted molar refractivity (Wildman–Crippen MR) is 68.5 cm³/mol. The van der Waals surface area contributed by atoms with Crippen molar-refractivity contribution in [2.24, 2.45) is 5.73 Å². The molecule has 106 valence electrons. The SMILES string of the molecule is CC1CC(N)CCN1Cc1ccc(C(F)(F)F)cc1. The molecule has 1 aromatic rings. The van der Waals surface area contributed by atoms with Gasteiger partial charge in [0.15, 0.2) is 0 Å². The third-order valence-corrected chi connectivity index (χ3v) is 3.72. The average Bonchev–Trinajstić information content (AvgIpc) is 2.32. The lowest BCUT2D eigenvalue weighted by Crippen LogP contribution is -2.44. The minimum absolute atomic E-state index is 0.249. The van der Waals surface area contributed by atoms with Crippen molar-refractivity contribution in [1.29, 1.82) is 0 Å². The van der Waals surface area contributed by atoms with Crippen LogP contribution in [0, 0.1) is 0 Å². The molecule has 19 heavy (non-hydrogen) atoms. The summed E-state index contributed by atoms with van der Waals surface area (Å²) >= 11 is 0. The van der Waals surface area contributed by atoms with Crippen LogP contribution in [0.15, 0.2) is 24.3 Å². The van der Waals surface area contributed by atoms with Gasteiger partial charge in [0.2, 0.25) is 0 Å². The summed E-state index contributed by atoms with van der Waals surface area (Å²) in [6.45, 7) is 3.71. The summed E-state index contributed by atoms with van der Waals surface area (Å²) in [6, 6.07) is 6.05. The lowest BCUT2D eigenvalue weighted by Gasteiger charge is -2.36. The highest BCUT2D eigenvalue weighted by molar-refractivity contribution is 5.24. The monoisotopic (exact) mass is 272 g/mol. The van der Waals surface area contributed by atoms with E-state index in [4.69, 9.17) is 5.73 Å². The molecule has 2 atom stereocenters. The molecule has 0 spiro atoms. The average molecular weight is 272 g/mol. The maximum absolute atomic E-state index is 12.5. The van der Waals surface area contributed by atoms with Crippen LogP contribution in [0.5, 0.6) is 0 Å². The maximum Gasteiger partial charge on any atom is 0.416 e. The van der Waals surface area contributed by atoms with E-state index in [1.54, 1.807) is 12.1 Å². The zero-order valence-electron chi connectivity index (χ0n) is 11.0. The Balaban J connectivity index is 2.00. The summed E-state index contributed by atoms with van der Waals surface area (Å²) < 4.78 is 37.4. The number of piperidine rings is 1. The molecule has 5 heteroatoms. The van der Waals surface area contributed by atoms with Crippen LogP contribution >= 0.6 is 0 Å². The first kappa shape index (κ1) is 14.3. The fourth-order valence-electron chi connectivity index (χ4n) is 2.53. The Morgan fingerprint density at radius 3 is 2.42 bits per heavy atom. The van der Waals surface area contributed by atoms with Crippen LogP contribution < -0.4 is 5.73 Å². The standard InChI is InChI=1S/C14H19F3N2/c1-10-8-13(18)6-7-19(10)9-11-2-4-12(5-3-11)14(15,16)17/h2-5,10,13H,6-9,18H2,1H3. The van der Waals surface area contributed by atoms with E-state index >= 15 is 0 Å². The topological polar surface area (TPSA) is 29.3 Å². The van der Waals surface area contributed by atoms with Gasteiger partial charge in [-0.05, 0) is 37.5 Å². The highest BCUT2D eigenvalue weighted by atomic mass is 19.4. The zero-order valence-corrected chi connectivity index (χ0v) is 11.0. The first-order chi connectivity index (χ1) is 8.86. The number of hydrogen-bond donors (Lipinski definition) is 1. The molecule has 2 nitrogen and oxygen atoms in total. The fourth-order valence-corrected chi connectivity index (χ4v) is 2.53. The molecular formula is C14H19F3N2. The second-order valence-electron chi connectivity index (χ2n) is 5.30. The molecule has 0 amide bonds. The molecule has 0 saturated carbocycles. The Morgan fingerprint density at radius 2 is 1.89 bits per heavy atom. The molecule has 2 rings (SSSR count). The second-order valence-corrected chi connectivity index (χ2v) is 5.30. The number of hydrogen-bond acceptors (Lipinski definition) is 2. The quantitative estimate of drug-likeness (QED) is 0.896. The van der Waals surface area contributed by atoms with E-state index in [-0.39, 0.29) is 6.04 Å². The first-order valence-electron chi connectivity index (χ1n) is 6.52. The fraction of sp³-hybridized carbons (Fsp3) is 0.571. The third kappa shape index (κ3) is 3.70. The van der Waals surface area contributed by atoms with Crippen LogP contribution in [0.3, 0.4) is 0 Å². The molecule has 1 heterocycles. The summed E-state index contributed by atoms with van der Waals surface area (Å²) in [5, 5.41) is 0. The number of halogens is 3. The molecule has 0 bridgehead atoms. The van der Waals surface area contributed by atoms with E-state index in [1.165, 1.54) is 0 Å². The van der Waals surface area contributed by atoms with E-state index in [2.05, 4.69) is 11.8 Å². The summed E-state index contributed by atoms with van der Waals surface area (Å²) in [5.74, 6) is 0. The van der Waals surface area contributed by atoms with Crippen LogP contribution in [0.25, 0.3) is 0 Å². The van der Waals surface area contributed by atoms with E-state index in [0.717, 1.165) is 37.1 Å². The van der Waals surface area contributed by atoms with E-state index < -0.39 is 11.7 Å². The van der Waals surface area contributed by atoms with Crippen molar-refractivity contribution in [2.75, 3.05) is 6.54 Å². The van der Waals surface area contributed by atoms with Gasteiger partial charge in [0, 0.05) is 25.2 Å². The van der Waals surface area contributed by atoms with E-state index in [0.29, 0.717) is 12.6 Å². The molecule has 2 N–H and O–H groups in total. The number of nitrogens with zero attached hydrogens (tertiary/aromatic N) is 1. The van der Waals surface area contributed by atoms with E-state index in [1.807, 2.05) is 0 Å². The molecule has 0 aromatic heterocycles. The predicted octanol–water partition coefficient (Wildman–Crippen LogP) is 3.02. The van der Waals surface area contributed by atoms with Crippen LogP contribution in [0.2, 0.25) is 0 Å². The number of likely N-dealkylation sites (tertiary alicyclic amines) is 1. The molecule has 2 unspecified atom stereocenters. The Kier molecular flexibility index (Phi) is 4.16. The van der Waals surface area contributed by atoms with Gasteiger partial charge in [0.25, 0.3) is 0 Å². The minimum Gasteiger partial charge on any atom is -0.328 e. The number of nitrogens with two attached hydrogens (primary N) is 1. The normalized spacial score (nSPS) is 25.5. The lowest BCUT2D eigenvalue weighted by atomic mass is 9.98. The van der Waals surface area contributed by atoms with Gasteiger partial charge >= 0.3 is 6.18 Å². The van der Waals surface area contributed by atoms with Gasteiger partial charge in [-0.25, -0.2) is 0 Å². The molecule has 0 radical (unpaired) electrons. The van der Waals surface area contributed by atoms with Crippen molar-refractivity contribution in [3.8, 4) is 0 Å². The van der Waals surface area contributed by atoms with Crippen LogP contribution in [0.4, 0.5) is 13.2 Å². The molecular weight excluding hydrogens is 253 g/mol. The van der Waals surface area contributed by atoms with Crippen LogP contribution in [0.1, 0.15) is 30.9 Å². The van der Waals surface area contributed by atoms with Crippen molar-refractivity contribution in [3.63, 3.8) is 0 Å². The molecule has 1 saturated heterocycles. The Morgan fingerprint density at radius 1 is 1.26 bits per heavy atom. The molecule has 1 aliphatic rings. The second kappa shape index (κ2) is 5.51. The number of alkyl halides is 3. The van der Waals surface area contributed by atoms with Gasteiger partial charge in [-0.1, -0.05) is 12.1 Å². The van der Waals surface area contributed by atoms with Crippen molar-refractivity contribution >= 4 is 0 Å². The highest BCUT2D eigenvalue weighted by Crippen LogP contribution is 2.29. The van der Waals surface area contributed by atoms with Gasteiger partial charge < -0.3 is 5.73 Å². The highest BCUT2D eigenvalue weighted by Gasteiger charge is 2.30. The Bertz CT molecular complexity index is 414. The third-order valence-electron chi connectivity index (χ3n) is 3.72. The van der Waals surface area contributed by atoms with Crippen LogP contribution in [-0.4, -0.2) is 23.5 Å². The first-order valence-corrected chi connectivity index (χ1v) is 6.52. The smallest absolute Gasteiger partial charge is 0.328 e. The Labute approximate surface area is 111 Å². The van der Waals surface area contributed by atoms with Gasteiger partial charge in [-0.2, -0.15) is 13.2 Å². The van der Waals surface area contributed by atoms with Gasteiger partial charge in [0.05, 0.1) is 5.56 Å². The number of benzene rings is 1. The van der Waals surface area contributed by atoms with Crippen molar-refractivity contribution in [1.82, 2.24) is 4.90 Å². The van der Waals surface area contributed by atoms with Crippen molar-refractivity contribution in [2.45, 2.75) is 44.6 Å². The zero-order chi connectivity index (χ0) is 14.0. The molecule has 1 aliphatic heterocycles. The summed E-state index contributed by atoms with van der Waals surface area (Å²) in [4.78, 5) is 2.27. The summed E-state index contributed by atoms with van der Waals surface area (Å²) in [7, 11) is 0. The van der Waals surface area contributed by atoms with Gasteiger partial charge in [-0.15, -0.1) is 0 Å². The van der Waals surface area contributed by atoms with Crippen molar-refractivity contribution < 1.29 is 13.2 Å². The minimum atomic E-state index is -4.26. The van der Waals surface area contributed by atoms with E-state index in [9.17, 15) is 13.2 Å². The Hall–Kier alpha value is -1.07. The molecule has 1 aromatic carbocycles. The van der Waals surface area contributed by atoms with Gasteiger partial charge in [-0.3, -0.25) is 4.90 Å². The lowest BCUT2D eigenvalue weighted by molar-refractivity contribution is -0.137. The van der Waals surface area contributed by atoms with Gasteiger partial charge in [0.1, 0.15) is 0 Å². The van der Waals surface area contributed by atoms with Crippen molar-refractivity contribution in [3.05, 3.63) is 35.4 Å². The molecule has 1 fully saturated rings.